The normalized spacial score (nSPS) is 20.9. The number of hydrogen-bond donors (Lipinski definition) is 1. The topological polar surface area (TPSA) is 45.5 Å². The average Bonchev–Trinajstić information content (AvgIpc) is 3.05. The van der Waals surface area contributed by atoms with Crippen LogP contribution < -0.4 is 5.32 Å². The summed E-state index contributed by atoms with van der Waals surface area (Å²) in [7, 11) is 1.89. The number of guanidine groups is 1. The summed E-state index contributed by atoms with van der Waals surface area (Å²) in [5.74, 6) is 1.08. The molecular formula is C16H27N5. The second kappa shape index (κ2) is 6.08. The molecule has 1 N–H and O–H groups in total. The second-order valence-electron chi connectivity index (χ2n) is 6.63. The summed E-state index contributed by atoms with van der Waals surface area (Å²) in [6, 6.07) is 0. The number of aryl methyl sites for hydroxylation is 2. The van der Waals surface area contributed by atoms with Crippen LogP contribution >= 0.6 is 0 Å². The Morgan fingerprint density at radius 2 is 2.29 bits per heavy atom. The third kappa shape index (κ3) is 3.22. The molecule has 5 nitrogen and oxygen atoms in total. The van der Waals surface area contributed by atoms with E-state index in [1.807, 2.05) is 17.9 Å². The van der Waals surface area contributed by atoms with Gasteiger partial charge in [0.2, 0.25) is 0 Å². The fourth-order valence-corrected chi connectivity index (χ4v) is 3.56. The minimum atomic E-state index is 0.629. The minimum Gasteiger partial charge on any atom is -0.356 e. The molecule has 1 aliphatic heterocycles. The van der Waals surface area contributed by atoms with Crippen molar-refractivity contribution >= 4 is 5.96 Å². The fourth-order valence-electron chi connectivity index (χ4n) is 3.56. The molecule has 2 heterocycles. The molecule has 0 radical (unpaired) electrons. The van der Waals surface area contributed by atoms with Gasteiger partial charge < -0.3 is 10.2 Å². The first-order valence-corrected chi connectivity index (χ1v) is 8.15. The molecule has 1 aliphatic carbocycles. The zero-order valence-electron chi connectivity index (χ0n) is 13.3. The molecule has 2 fully saturated rings. The summed E-state index contributed by atoms with van der Waals surface area (Å²) in [6.07, 6.45) is 10.7. The Bertz CT molecular complexity index is 501. The number of nitrogens with zero attached hydrogens (tertiary/aromatic N) is 4. The summed E-state index contributed by atoms with van der Waals surface area (Å²) in [5.41, 5.74) is 1.85. The van der Waals surface area contributed by atoms with Gasteiger partial charge in [0.25, 0.3) is 0 Å². The van der Waals surface area contributed by atoms with Gasteiger partial charge in [-0.3, -0.25) is 9.67 Å². The van der Waals surface area contributed by atoms with E-state index in [4.69, 9.17) is 0 Å². The van der Waals surface area contributed by atoms with E-state index in [2.05, 4.69) is 33.4 Å². The number of rotatable bonds is 4. The molecule has 1 spiro atoms. The molecule has 1 aromatic rings. The molecule has 0 amide bonds. The van der Waals surface area contributed by atoms with Crippen molar-refractivity contribution in [3.63, 3.8) is 0 Å². The number of nitrogens with one attached hydrogen (secondary N) is 1. The van der Waals surface area contributed by atoms with Gasteiger partial charge >= 0.3 is 0 Å². The third-order valence-corrected chi connectivity index (χ3v) is 4.97. The van der Waals surface area contributed by atoms with Crippen LogP contribution in [-0.4, -0.2) is 47.3 Å². The van der Waals surface area contributed by atoms with E-state index in [1.165, 1.54) is 37.8 Å². The van der Waals surface area contributed by atoms with Gasteiger partial charge in [0.1, 0.15) is 0 Å². The standard InChI is InChI=1S/C16H27N5/c1-14-11-19-21(12-14)9-4-8-18-15(17-2)20-10-7-16(13-20)5-3-6-16/h11-12H,3-10,13H2,1-2H3,(H,17,18). The van der Waals surface area contributed by atoms with Crippen LogP contribution in [-0.2, 0) is 6.54 Å². The van der Waals surface area contributed by atoms with Gasteiger partial charge in [-0.1, -0.05) is 6.42 Å². The molecule has 0 bridgehead atoms. The predicted octanol–water partition coefficient (Wildman–Crippen LogP) is 2.03. The van der Waals surface area contributed by atoms with Gasteiger partial charge in [-0.05, 0) is 43.6 Å². The zero-order valence-corrected chi connectivity index (χ0v) is 13.3. The number of aromatic nitrogens is 2. The Labute approximate surface area is 127 Å². The Hall–Kier alpha value is -1.52. The lowest BCUT2D eigenvalue weighted by Crippen LogP contribution is -2.42. The third-order valence-electron chi connectivity index (χ3n) is 4.97. The SMILES string of the molecule is CN=C(NCCCn1cc(C)cn1)N1CCC2(CCC2)C1. The average molecular weight is 289 g/mol. The maximum atomic E-state index is 4.45. The molecule has 0 aromatic carbocycles. The van der Waals surface area contributed by atoms with Crippen LogP contribution in [0.5, 0.6) is 0 Å². The number of likely N-dealkylation sites (tertiary alicyclic amines) is 1. The molecule has 0 atom stereocenters. The van der Waals surface area contributed by atoms with Gasteiger partial charge in [-0.25, -0.2) is 0 Å². The van der Waals surface area contributed by atoms with E-state index in [1.54, 1.807) is 0 Å². The lowest BCUT2D eigenvalue weighted by molar-refractivity contribution is 0.151. The minimum absolute atomic E-state index is 0.629. The first-order chi connectivity index (χ1) is 10.2. The first-order valence-electron chi connectivity index (χ1n) is 8.15. The largest absolute Gasteiger partial charge is 0.356 e. The van der Waals surface area contributed by atoms with Crippen LogP contribution in [0, 0.1) is 12.3 Å². The summed E-state index contributed by atoms with van der Waals surface area (Å²) >= 11 is 0. The highest BCUT2D eigenvalue weighted by molar-refractivity contribution is 5.80. The molecule has 116 valence electrons. The molecular weight excluding hydrogens is 262 g/mol. The van der Waals surface area contributed by atoms with Gasteiger partial charge in [0, 0.05) is 39.4 Å². The van der Waals surface area contributed by atoms with E-state index < -0.39 is 0 Å². The maximum Gasteiger partial charge on any atom is 0.193 e. The Morgan fingerprint density at radius 3 is 2.86 bits per heavy atom. The molecule has 1 saturated heterocycles. The van der Waals surface area contributed by atoms with Gasteiger partial charge in [0.05, 0.1) is 6.20 Å². The quantitative estimate of drug-likeness (QED) is 0.524. The Kier molecular flexibility index (Phi) is 4.17. The smallest absolute Gasteiger partial charge is 0.193 e. The highest BCUT2D eigenvalue weighted by Gasteiger charge is 2.43. The van der Waals surface area contributed by atoms with E-state index in [-0.39, 0.29) is 0 Å². The highest BCUT2D eigenvalue weighted by Crippen LogP contribution is 2.47. The van der Waals surface area contributed by atoms with E-state index >= 15 is 0 Å². The van der Waals surface area contributed by atoms with Crippen molar-refractivity contribution in [2.75, 3.05) is 26.7 Å². The van der Waals surface area contributed by atoms with Crippen molar-refractivity contribution in [1.29, 1.82) is 0 Å². The van der Waals surface area contributed by atoms with E-state index in [9.17, 15) is 0 Å². The van der Waals surface area contributed by atoms with Crippen molar-refractivity contribution in [3.05, 3.63) is 18.0 Å². The second-order valence-corrected chi connectivity index (χ2v) is 6.63. The zero-order chi connectivity index (χ0) is 14.7. The number of aliphatic imine (C=N–C) groups is 1. The summed E-state index contributed by atoms with van der Waals surface area (Å²) < 4.78 is 2.01. The molecule has 5 heteroatoms. The van der Waals surface area contributed by atoms with Crippen LogP contribution in [0.25, 0.3) is 0 Å². The van der Waals surface area contributed by atoms with E-state index in [0.717, 1.165) is 32.0 Å². The van der Waals surface area contributed by atoms with Crippen molar-refractivity contribution in [3.8, 4) is 0 Å². The first kappa shape index (κ1) is 14.4. The van der Waals surface area contributed by atoms with Crippen LogP contribution in [0.4, 0.5) is 0 Å². The van der Waals surface area contributed by atoms with Gasteiger partial charge in [-0.15, -0.1) is 0 Å². The summed E-state index contributed by atoms with van der Waals surface area (Å²) in [6.45, 7) is 6.35. The molecule has 0 unspecified atom stereocenters. The van der Waals surface area contributed by atoms with Crippen LogP contribution in [0.3, 0.4) is 0 Å². The monoisotopic (exact) mass is 289 g/mol. The molecule has 1 aromatic heterocycles. The predicted molar refractivity (Wildman–Crippen MR) is 85.4 cm³/mol. The van der Waals surface area contributed by atoms with Crippen LogP contribution in [0.1, 0.15) is 37.7 Å². The van der Waals surface area contributed by atoms with Crippen LogP contribution in [0.2, 0.25) is 0 Å². The number of hydrogen-bond acceptors (Lipinski definition) is 2. The van der Waals surface area contributed by atoms with Crippen LogP contribution in [0.15, 0.2) is 17.4 Å². The highest BCUT2D eigenvalue weighted by atomic mass is 15.3. The van der Waals surface area contributed by atoms with Gasteiger partial charge in [-0.2, -0.15) is 5.10 Å². The van der Waals surface area contributed by atoms with Crippen molar-refractivity contribution in [2.45, 2.75) is 45.6 Å². The fraction of sp³-hybridized carbons (Fsp3) is 0.750. The molecule has 3 rings (SSSR count). The lowest BCUT2D eigenvalue weighted by atomic mass is 9.68. The Morgan fingerprint density at radius 1 is 1.43 bits per heavy atom. The molecule has 1 saturated carbocycles. The maximum absolute atomic E-state index is 4.45. The van der Waals surface area contributed by atoms with E-state index in [0.29, 0.717) is 5.41 Å². The molecule has 21 heavy (non-hydrogen) atoms. The Balaban J connectivity index is 1.41. The van der Waals surface area contributed by atoms with Crippen molar-refractivity contribution in [1.82, 2.24) is 20.0 Å². The summed E-state index contributed by atoms with van der Waals surface area (Å²) in [4.78, 5) is 6.89. The summed E-state index contributed by atoms with van der Waals surface area (Å²) in [5, 5.41) is 7.83. The lowest BCUT2D eigenvalue weighted by Gasteiger charge is -2.38. The molecule has 2 aliphatic rings. The van der Waals surface area contributed by atoms with Crippen molar-refractivity contribution in [2.24, 2.45) is 10.4 Å². The van der Waals surface area contributed by atoms with Gasteiger partial charge in [0.15, 0.2) is 5.96 Å². The van der Waals surface area contributed by atoms with Crippen molar-refractivity contribution < 1.29 is 0 Å².